The molecular formula is C11H10N2O2. The number of aliphatic imine (C=N–C) groups is 2. The third kappa shape index (κ3) is 2.99. The van der Waals surface area contributed by atoms with Crippen LogP contribution >= 0.6 is 0 Å². The maximum Gasteiger partial charge on any atom is 0.240 e. The monoisotopic (exact) mass is 202 g/mol. The quantitative estimate of drug-likeness (QED) is 0.559. The highest BCUT2D eigenvalue weighted by Gasteiger charge is 2.03. The lowest BCUT2D eigenvalue weighted by atomic mass is 10.0. The first-order valence-electron chi connectivity index (χ1n) is 4.48. The third-order valence-corrected chi connectivity index (χ3v) is 1.94. The van der Waals surface area contributed by atoms with Gasteiger partial charge in [0.25, 0.3) is 0 Å². The van der Waals surface area contributed by atoms with E-state index in [1.54, 1.807) is 12.1 Å². The van der Waals surface area contributed by atoms with E-state index in [-0.39, 0.29) is 5.92 Å². The molecule has 0 amide bonds. The SMILES string of the molecule is CC(C)c1cc(N=C=O)cc(N=C=O)c1. The fourth-order valence-corrected chi connectivity index (χ4v) is 1.19. The summed E-state index contributed by atoms with van der Waals surface area (Å²) >= 11 is 0. The summed E-state index contributed by atoms with van der Waals surface area (Å²) < 4.78 is 0. The van der Waals surface area contributed by atoms with Gasteiger partial charge < -0.3 is 0 Å². The zero-order chi connectivity index (χ0) is 11.3. The summed E-state index contributed by atoms with van der Waals surface area (Å²) in [5.74, 6) is 0.271. The molecule has 0 aliphatic carbocycles. The highest BCUT2D eigenvalue weighted by molar-refractivity contribution is 5.60. The van der Waals surface area contributed by atoms with E-state index in [4.69, 9.17) is 0 Å². The molecule has 0 saturated heterocycles. The van der Waals surface area contributed by atoms with Crippen LogP contribution in [0.5, 0.6) is 0 Å². The maximum atomic E-state index is 10.1. The van der Waals surface area contributed by atoms with Crippen LogP contribution in [0.2, 0.25) is 0 Å². The standard InChI is InChI=1S/C11H10N2O2/c1-8(2)9-3-10(12-6-14)5-11(4-9)13-7-15/h3-5,8H,1-2H3. The first-order chi connectivity index (χ1) is 7.17. The molecule has 1 rings (SSSR count). The van der Waals surface area contributed by atoms with Crippen LogP contribution in [0.3, 0.4) is 0 Å². The number of rotatable bonds is 3. The smallest absolute Gasteiger partial charge is 0.211 e. The Kier molecular flexibility index (Phi) is 3.69. The van der Waals surface area contributed by atoms with Crippen LogP contribution < -0.4 is 0 Å². The van der Waals surface area contributed by atoms with Crippen molar-refractivity contribution < 1.29 is 9.59 Å². The van der Waals surface area contributed by atoms with E-state index in [0.29, 0.717) is 11.4 Å². The highest BCUT2D eigenvalue weighted by Crippen LogP contribution is 2.27. The number of hydrogen-bond donors (Lipinski definition) is 0. The summed E-state index contributed by atoms with van der Waals surface area (Å²) in [4.78, 5) is 27.2. The lowest BCUT2D eigenvalue weighted by Crippen LogP contribution is -1.85. The average Bonchev–Trinajstić information content (AvgIpc) is 2.18. The molecule has 0 aliphatic heterocycles. The van der Waals surface area contributed by atoms with Gasteiger partial charge in [-0.3, -0.25) is 0 Å². The molecular weight excluding hydrogens is 192 g/mol. The molecule has 4 nitrogen and oxygen atoms in total. The number of nitrogens with zero attached hydrogens (tertiary/aromatic N) is 2. The molecule has 0 N–H and O–H groups in total. The molecule has 0 saturated carbocycles. The number of carbonyl (C=O) groups excluding carboxylic acids is 2. The second-order valence-corrected chi connectivity index (χ2v) is 3.34. The molecule has 1 aromatic carbocycles. The topological polar surface area (TPSA) is 58.9 Å². The molecule has 1 aromatic rings. The van der Waals surface area contributed by atoms with Crippen molar-refractivity contribution in [2.45, 2.75) is 19.8 Å². The molecule has 0 unspecified atom stereocenters. The van der Waals surface area contributed by atoms with Crippen LogP contribution in [0.4, 0.5) is 11.4 Å². The van der Waals surface area contributed by atoms with E-state index >= 15 is 0 Å². The predicted molar refractivity (Wildman–Crippen MR) is 56.1 cm³/mol. The molecule has 4 heteroatoms. The van der Waals surface area contributed by atoms with Crippen molar-refractivity contribution in [1.82, 2.24) is 0 Å². The predicted octanol–water partition coefficient (Wildman–Crippen LogP) is 2.74. The second kappa shape index (κ2) is 5.01. The van der Waals surface area contributed by atoms with E-state index in [1.165, 1.54) is 18.2 Å². The molecule has 0 radical (unpaired) electrons. The normalized spacial score (nSPS) is 9.27. The summed E-state index contributed by atoms with van der Waals surface area (Å²) in [6.07, 6.45) is 2.91. The van der Waals surface area contributed by atoms with Crippen molar-refractivity contribution >= 4 is 23.5 Å². The minimum atomic E-state index is 0.271. The van der Waals surface area contributed by atoms with Gasteiger partial charge in [0.1, 0.15) is 0 Å². The fourth-order valence-electron chi connectivity index (χ4n) is 1.19. The summed E-state index contributed by atoms with van der Waals surface area (Å²) in [6.45, 7) is 4.00. The molecule has 0 atom stereocenters. The van der Waals surface area contributed by atoms with E-state index < -0.39 is 0 Å². The van der Waals surface area contributed by atoms with Crippen LogP contribution in [-0.4, -0.2) is 12.2 Å². The maximum absolute atomic E-state index is 10.1. The van der Waals surface area contributed by atoms with Crippen molar-refractivity contribution in [2.24, 2.45) is 9.98 Å². The summed E-state index contributed by atoms with van der Waals surface area (Å²) in [5.41, 5.74) is 1.86. The fraction of sp³-hybridized carbons (Fsp3) is 0.273. The van der Waals surface area contributed by atoms with Crippen LogP contribution in [0, 0.1) is 0 Å². The Hall–Kier alpha value is -2.02. The molecule has 0 fully saturated rings. The van der Waals surface area contributed by atoms with Crippen LogP contribution in [0.15, 0.2) is 28.2 Å². The van der Waals surface area contributed by atoms with Crippen LogP contribution in [-0.2, 0) is 9.59 Å². The van der Waals surface area contributed by atoms with Crippen molar-refractivity contribution in [3.8, 4) is 0 Å². The van der Waals surface area contributed by atoms with Gasteiger partial charge in [0, 0.05) is 0 Å². The van der Waals surface area contributed by atoms with Gasteiger partial charge >= 0.3 is 0 Å². The van der Waals surface area contributed by atoms with Gasteiger partial charge in [0.15, 0.2) is 0 Å². The van der Waals surface area contributed by atoms with Gasteiger partial charge in [-0.2, -0.15) is 9.98 Å². The number of benzene rings is 1. The molecule has 76 valence electrons. The van der Waals surface area contributed by atoms with E-state index in [2.05, 4.69) is 9.98 Å². The van der Waals surface area contributed by atoms with Gasteiger partial charge in [0.05, 0.1) is 11.4 Å². The average molecular weight is 202 g/mol. The van der Waals surface area contributed by atoms with Crippen molar-refractivity contribution in [1.29, 1.82) is 0 Å². The third-order valence-electron chi connectivity index (χ3n) is 1.94. The Bertz CT molecular complexity index is 417. The summed E-state index contributed by atoms with van der Waals surface area (Å²) in [7, 11) is 0. The molecule has 15 heavy (non-hydrogen) atoms. The largest absolute Gasteiger partial charge is 0.240 e. The molecule has 0 heterocycles. The lowest BCUT2D eigenvalue weighted by molar-refractivity contribution is 0.565. The van der Waals surface area contributed by atoms with Crippen molar-refractivity contribution in [3.63, 3.8) is 0 Å². The second-order valence-electron chi connectivity index (χ2n) is 3.34. The highest BCUT2D eigenvalue weighted by atomic mass is 16.1. The molecule has 0 aromatic heterocycles. The Morgan fingerprint density at radius 2 is 1.47 bits per heavy atom. The zero-order valence-electron chi connectivity index (χ0n) is 8.52. The van der Waals surface area contributed by atoms with Gasteiger partial charge in [-0.25, -0.2) is 9.59 Å². The Labute approximate surface area is 87.4 Å². The number of hydrogen-bond acceptors (Lipinski definition) is 4. The van der Waals surface area contributed by atoms with E-state index in [9.17, 15) is 9.59 Å². The molecule has 0 spiro atoms. The van der Waals surface area contributed by atoms with Gasteiger partial charge in [0.2, 0.25) is 12.2 Å². The minimum absolute atomic E-state index is 0.271. The van der Waals surface area contributed by atoms with Crippen LogP contribution in [0.1, 0.15) is 25.3 Å². The van der Waals surface area contributed by atoms with E-state index in [0.717, 1.165) is 5.56 Å². The Balaban J connectivity index is 3.31. The van der Waals surface area contributed by atoms with Crippen LogP contribution in [0.25, 0.3) is 0 Å². The zero-order valence-corrected chi connectivity index (χ0v) is 8.52. The first kappa shape index (κ1) is 11.1. The lowest BCUT2D eigenvalue weighted by Gasteiger charge is -2.06. The van der Waals surface area contributed by atoms with E-state index in [1.807, 2.05) is 13.8 Å². The van der Waals surface area contributed by atoms with Gasteiger partial charge in [-0.05, 0) is 29.7 Å². The Morgan fingerprint density at radius 3 is 1.80 bits per heavy atom. The summed E-state index contributed by atoms with van der Waals surface area (Å²) in [6, 6.07) is 5.06. The minimum Gasteiger partial charge on any atom is -0.211 e. The molecule has 0 aliphatic rings. The van der Waals surface area contributed by atoms with Crippen molar-refractivity contribution in [3.05, 3.63) is 23.8 Å². The summed E-state index contributed by atoms with van der Waals surface area (Å²) in [5, 5.41) is 0. The number of isocyanates is 2. The van der Waals surface area contributed by atoms with Gasteiger partial charge in [-0.1, -0.05) is 13.8 Å². The first-order valence-corrected chi connectivity index (χ1v) is 4.48. The van der Waals surface area contributed by atoms with Crippen molar-refractivity contribution in [2.75, 3.05) is 0 Å². The van der Waals surface area contributed by atoms with Gasteiger partial charge in [-0.15, -0.1) is 0 Å². The molecule has 0 bridgehead atoms. The Morgan fingerprint density at radius 1 is 1.00 bits per heavy atom.